The monoisotopic (exact) mass is 336 g/mol. The van der Waals surface area contributed by atoms with Crippen LogP contribution in [0.15, 0.2) is 34.5 Å². The number of hydrogen-bond donors (Lipinski definition) is 3. The number of benzene rings is 1. The second-order valence-corrected chi connectivity index (χ2v) is 7.66. The number of carbonyl (C=O) groups is 1. The molecule has 0 spiro atoms. The first kappa shape index (κ1) is 14.5. The number of primary amides is 1. The maximum absolute atomic E-state index is 12.4. The summed E-state index contributed by atoms with van der Waals surface area (Å²) in [4.78, 5) is 11.0. The molecule has 0 atom stereocenters. The number of hydrogen-bond acceptors (Lipinski definition) is 5. The maximum atomic E-state index is 12.4. The fourth-order valence-electron chi connectivity index (χ4n) is 2.01. The fourth-order valence-corrected chi connectivity index (χ4v) is 4.44. The first-order valence-electron chi connectivity index (χ1n) is 6.24. The third-order valence-electron chi connectivity index (χ3n) is 3.07. The summed E-state index contributed by atoms with van der Waals surface area (Å²) in [6, 6.07) is 8.52. The van der Waals surface area contributed by atoms with E-state index in [2.05, 4.69) is 14.9 Å². The number of aromatic amines is 1. The highest BCUT2D eigenvalue weighted by atomic mass is 32.2. The van der Waals surface area contributed by atoms with E-state index in [0.717, 1.165) is 15.6 Å². The van der Waals surface area contributed by atoms with Crippen LogP contribution in [0, 0.1) is 6.92 Å². The second kappa shape index (κ2) is 5.11. The molecule has 0 fully saturated rings. The normalized spacial score (nSPS) is 11.7. The van der Waals surface area contributed by atoms with Crippen LogP contribution in [0.4, 0.5) is 5.82 Å². The molecule has 7 nitrogen and oxygen atoms in total. The number of carbonyl (C=O) groups excluding carboxylic acids is 1. The van der Waals surface area contributed by atoms with Crippen molar-refractivity contribution in [3.63, 3.8) is 0 Å². The van der Waals surface area contributed by atoms with Gasteiger partial charge in [-0.3, -0.25) is 14.6 Å². The Kier molecular flexibility index (Phi) is 3.38. The molecule has 0 saturated heterocycles. The van der Waals surface area contributed by atoms with Crippen molar-refractivity contribution in [2.75, 3.05) is 4.72 Å². The number of nitrogens with zero attached hydrogens (tertiary/aromatic N) is 1. The van der Waals surface area contributed by atoms with Crippen LogP contribution < -0.4 is 10.5 Å². The van der Waals surface area contributed by atoms with Crippen LogP contribution in [0.5, 0.6) is 0 Å². The number of aromatic nitrogens is 2. The third kappa shape index (κ3) is 2.55. The summed E-state index contributed by atoms with van der Waals surface area (Å²) >= 11 is 1.18. The van der Waals surface area contributed by atoms with Gasteiger partial charge in [-0.2, -0.15) is 5.10 Å². The maximum Gasteiger partial charge on any atom is 0.272 e. The van der Waals surface area contributed by atoms with Crippen molar-refractivity contribution in [2.45, 2.75) is 11.1 Å². The molecule has 0 saturated carbocycles. The topological polar surface area (TPSA) is 118 Å². The largest absolute Gasteiger partial charge is 0.364 e. The number of nitrogens with one attached hydrogen (secondary N) is 2. The summed E-state index contributed by atoms with van der Waals surface area (Å²) in [5.41, 5.74) is 6.13. The van der Waals surface area contributed by atoms with Crippen molar-refractivity contribution < 1.29 is 13.2 Å². The van der Waals surface area contributed by atoms with Crippen molar-refractivity contribution in [1.29, 1.82) is 0 Å². The van der Waals surface area contributed by atoms with Gasteiger partial charge in [-0.25, -0.2) is 8.42 Å². The Morgan fingerprint density at radius 3 is 2.77 bits per heavy atom. The lowest BCUT2D eigenvalue weighted by Crippen LogP contribution is -2.12. The molecule has 4 N–H and O–H groups in total. The number of thiophene rings is 1. The van der Waals surface area contributed by atoms with Crippen LogP contribution in [0.25, 0.3) is 10.1 Å². The molecule has 0 aliphatic heterocycles. The molecule has 2 heterocycles. The summed E-state index contributed by atoms with van der Waals surface area (Å²) in [5, 5.41) is 6.94. The molecule has 1 aromatic carbocycles. The summed E-state index contributed by atoms with van der Waals surface area (Å²) in [5.74, 6) is -0.696. The first-order chi connectivity index (χ1) is 10.4. The summed E-state index contributed by atoms with van der Waals surface area (Å²) in [6.07, 6.45) is 0. The van der Waals surface area contributed by atoms with Gasteiger partial charge < -0.3 is 5.73 Å². The number of amides is 1. The van der Waals surface area contributed by atoms with Crippen molar-refractivity contribution in [1.82, 2.24) is 10.2 Å². The highest BCUT2D eigenvalue weighted by Crippen LogP contribution is 2.32. The van der Waals surface area contributed by atoms with Gasteiger partial charge in [0.15, 0.2) is 5.82 Å². The molecule has 0 aliphatic rings. The van der Waals surface area contributed by atoms with E-state index in [-0.39, 0.29) is 15.7 Å². The van der Waals surface area contributed by atoms with Crippen LogP contribution in [0.1, 0.15) is 16.1 Å². The molecule has 0 radical (unpaired) electrons. The lowest BCUT2D eigenvalue weighted by atomic mass is 10.2. The van der Waals surface area contributed by atoms with Gasteiger partial charge >= 0.3 is 0 Å². The van der Waals surface area contributed by atoms with E-state index in [0.29, 0.717) is 0 Å². The van der Waals surface area contributed by atoms with Crippen LogP contribution in [-0.4, -0.2) is 24.5 Å². The molecule has 3 aromatic rings. The van der Waals surface area contributed by atoms with Crippen molar-refractivity contribution in [3.05, 3.63) is 41.6 Å². The van der Waals surface area contributed by atoms with Gasteiger partial charge in [-0.15, -0.1) is 11.3 Å². The molecular weight excluding hydrogens is 324 g/mol. The predicted molar refractivity (Wildman–Crippen MR) is 84.5 cm³/mol. The van der Waals surface area contributed by atoms with Gasteiger partial charge in [0.2, 0.25) is 0 Å². The molecule has 0 aliphatic carbocycles. The van der Waals surface area contributed by atoms with Crippen LogP contribution in [-0.2, 0) is 10.0 Å². The van der Waals surface area contributed by atoms with Crippen molar-refractivity contribution >= 4 is 43.2 Å². The SMILES string of the molecule is Cc1cccc2cc(S(=O)(=O)Nc3cc(C(N)=O)[nH]n3)sc12. The summed E-state index contributed by atoms with van der Waals surface area (Å²) in [6.45, 7) is 1.93. The van der Waals surface area contributed by atoms with E-state index in [1.165, 1.54) is 17.4 Å². The van der Waals surface area contributed by atoms with E-state index >= 15 is 0 Å². The minimum atomic E-state index is -3.77. The smallest absolute Gasteiger partial charge is 0.272 e. The van der Waals surface area contributed by atoms with Gasteiger partial charge in [0.25, 0.3) is 15.9 Å². The Hall–Kier alpha value is -2.39. The molecular formula is C13H12N4O3S2. The molecule has 22 heavy (non-hydrogen) atoms. The Bertz CT molecular complexity index is 972. The predicted octanol–water partition coefficient (Wildman–Crippen LogP) is 1.83. The highest BCUT2D eigenvalue weighted by Gasteiger charge is 2.20. The van der Waals surface area contributed by atoms with Gasteiger partial charge in [0, 0.05) is 10.8 Å². The van der Waals surface area contributed by atoms with Gasteiger partial charge in [0.05, 0.1) is 0 Å². The average molecular weight is 336 g/mol. The van der Waals surface area contributed by atoms with Gasteiger partial charge in [-0.05, 0) is 23.9 Å². The molecule has 2 aromatic heterocycles. The molecule has 0 bridgehead atoms. The standard InChI is InChI=1S/C13H12N4O3S2/c1-7-3-2-4-8-5-11(21-12(7)8)22(19,20)17-10-6-9(13(14)18)15-16-10/h2-6H,1H3,(H2,14,18)(H2,15,16,17). The van der Waals surface area contributed by atoms with E-state index in [1.807, 2.05) is 25.1 Å². The Labute approximate surface area is 130 Å². The number of fused-ring (bicyclic) bond motifs is 1. The van der Waals surface area contributed by atoms with Crippen LogP contribution in [0.3, 0.4) is 0 Å². The second-order valence-electron chi connectivity index (χ2n) is 4.70. The number of H-pyrrole nitrogens is 1. The Morgan fingerprint density at radius 2 is 2.14 bits per heavy atom. The molecule has 0 unspecified atom stereocenters. The summed E-state index contributed by atoms with van der Waals surface area (Å²) < 4.78 is 28.2. The van der Waals surface area contributed by atoms with Gasteiger partial charge in [-0.1, -0.05) is 18.2 Å². The number of rotatable bonds is 4. The summed E-state index contributed by atoms with van der Waals surface area (Å²) in [7, 11) is -3.77. The van der Waals surface area contributed by atoms with Gasteiger partial charge in [0.1, 0.15) is 9.90 Å². The van der Waals surface area contributed by atoms with E-state index < -0.39 is 15.9 Å². The number of aryl methyl sites for hydroxylation is 1. The van der Waals surface area contributed by atoms with Crippen molar-refractivity contribution in [2.24, 2.45) is 5.73 Å². The zero-order valence-electron chi connectivity index (χ0n) is 11.5. The molecule has 1 amide bonds. The zero-order chi connectivity index (χ0) is 15.9. The first-order valence-corrected chi connectivity index (χ1v) is 8.54. The minimum Gasteiger partial charge on any atom is -0.364 e. The number of sulfonamides is 1. The van der Waals surface area contributed by atoms with E-state index in [9.17, 15) is 13.2 Å². The van der Waals surface area contributed by atoms with Crippen molar-refractivity contribution in [3.8, 4) is 0 Å². The Balaban J connectivity index is 1.97. The quantitative estimate of drug-likeness (QED) is 0.673. The molecule has 114 valence electrons. The zero-order valence-corrected chi connectivity index (χ0v) is 13.1. The highest BCUT2D eigenvalue weighted by molar-refractivity contribution is 7.94. The average Bonchev–Trinajstić information content (AvgIpc) is 3.05. The lowest BCUT2D eigenvalue weighted by molar-refractivity contribution is 0.0995. The van der Waals surface area contributed by atoms with Crippen LogP contribution >= 0.6 is 11.3 Å². The Morgan fingerprint density at radius 1 is 1.36 bits per heavy atom. The molecule has 9 heteroatoms. The lowest BCUT2D eigenvalue weighted by Gasteiger charge is -2.01. The number of nitrogens with two attached hydrogens (primary N) is 1. The third-order valence-corrected chi connectivity index (χ3v) is 6.18. The van der Waals surface area contributed by atoms with Crippen LogP contribution in [0.2, 0.25) is 0 Å². The van der Waals surface area contributed by atoms with E-state index in [4.69, 9.17) is 5.73 Å². The van der Waals surface area contributed by atoms with E-state index in [1.54, 1.807) is 6.07 Å². The fraction of sp³-hybridized carbons (Fsp3) is 0.0769. The number of anilines is 1. The minimum absolute atomic E-state index is 0.0166. The molecule has 3 rings (SSSR count).